The summed E-state index contributed by atoms with van der Waals surface area (Å²) < 4.78 is 10.3. The number of rotatable bonds is 6. The summed E-state index contributed by atoms with van der Waals surface area (Å²) in [4.78, 5) is 23.1. The summed E-state index contributed by atoms with van der Waals surface area (Å²) >= 11 is 0. The van der Waals surface area contributed by atoms with Crippen molar-refractivity contribution in [2.75, 3.05) is 10.6 Å². The normalized spacial score (nSPS) is 10.8. The van der Waals surface area contributed by atoms with Crippen molar-refractivity contribution in [3.63, 3.8) is 0 Å². The first kappa shape index (κ1) is 12.3. The fourth-order valence-corrected chi connectivity index (χ4v) is 1.91. The summed E-state index contributed by atoms with van der Waals surface area (Å²) in [6.07, 6.45) is 3.10. The van der Waals surface area contributed by atoms with Crippen LogP contribution in [0.5, 0.6) is 0 Å². The summed E-state index contributed by atoms with van der Waals surface area (Å²) in [5.41, 5.74) is -0.451. The fourth-order valence-electron chi connectivity index (χ4n) is 1.91. The van der Waals surface area contributed by atoms with Gasteiger partial charge < -0.3 is 19.5 Å². The molecule has 0 atom stereocenters. The van der Waals surface area contributed by atoms with Crippen LogP contribution in [0.3, 0.4) is 0 Å². The zero-order chi connectivity index (χ0) is 13.9. The molecule has 0 radical (unpaired) electrons. The Morgan fingerprint density at radius 3 is 1.60 bits per heavy atom. The highest BCUT2D eigenvalue weighted by Gasteiger charge is 2.20. The van der Waals surface area contributed by atoms with Crippen LogP contribution in [0.25, 0.3) is 0 Å². The molecule has 2 aromatic heterocycles. The van der Waals surface area contributed by atoms with Crippen molar-refractivity contribution in [3.05, 3.63) is 68.8 Å². The topological polar surface area (TPSA) is 84.5 Å². The molecule has 2 N–H and O–H groups in total. The SMILES string of the molecule is O=c1c(NCc2ccco2)c(NCc2ccco2)c1=O. The Kier molecular flexibility index (Phi) is 3.12. The minimum Gasteiger partial charge on any atom is -0.467 e. The summed E-state index contributed by atoms with van der Waals surface area (Å²) in [5, 5.41) is 5.81. The van der Waals surface area contributed by atoms with E-state index in [4.69, 9.17) is 8.83 Å². The van der Waals surface area contributed by atoms with Crippen LogP contribution in [0, 0.1) is 0 Å². The van der Waals surface area contributed by atoms with Gasteiger partial charge in [0.2, 0.25) is 0 Å². The first-order valence-corrected chi connectivity index (χ1v) is 6.11. The minimum absolute atomic E-state index is 0.290. The Morgan fingerprint density at radius 2 is 1.25 bits per heavy atom. The van der Waals surface area contributed by atoms with Gasteiger partial charge in [-0.25, -0.2) is 0 Å². The van der Waals surface area contributed by atoms with Gasteiger partial charge in [-0.3, -0.25) is 9.59 Å². The maximum absolute atomic E-state index is 11.5. The zero-order valence-corrected chi connectivity index (χ0v) is 10.5. The summed E-state index contributed by atoms with van der Waals surface area (Å²) in [6.45, 7) is 0.709. The van der Waals surface area contributed by atoms with Crippen LogP contribution in [0.2, 0.25) is 0 Å². The molecule has 0 aliphatic heterocycles. The third-order valence-corrected chi connectivity index (χ3v) is 2.95. The largest absolute Gasteiger partial charge is 0.467 e. The summed E-state index contributed by atoms with van der Waals surface area (Å²) in [5.74, 6) is 1.38. The van der Waals surface area contributed by atoms with Crippen molar-refractivity contribution in [2.24, 2.45) is 0 Å². The second-order valence-corrected chi connectivity index (χ2v) is 4.27. The van der Waals surface area contributed by atoms with Crippen molar-refractivity contribution in [2.45, 2.75) is 13.1 Å². The standard InChI is InChI=1S/C14H12N2O4/c17-13-11(15-7-9-3-1-5-19-9)12(14(13)18)16-8-10-4-2-6-20-10/h1-6,15-16H,7-8H2. The van der Waals surface area contributed by atoms with Crippen LogP contribution >= 0.6 is 0 Å². The molecule has 6 heteroatoms. The van der Waals surface area contributed by atoms with Crippen molar-refractivity contribution >= 4 is 11.4 Å². The van der Waals surface area contributed by atoms with Gasteiger partial charge in [0.15, 0.2) is 0 Å². The van der Waals surface area contributed by atoms with Crippen LogP contribution in [0.1, 0.15) is 11.5 Å². The third-order valence-electron chi connectivity index (χ3n) is 2.95. The molecule has 0 aliphatic rings. The minimum atomic E-state index is -0.515. The molecule has 0 amide bonds. The van der Waals surface area contributed by atoms with Gasteiger partial charge in [-0.05, 0) is 24.3 Å². The Morgan fingerprint density at radius 1 is 0.800 bits per heavy atom. The summed E-state index contributed by atoms with van der Waals surface area (Å²) in [7, 11) is 0. The molecule has 0 unspecified atom stereocenters. The number of hydrogen-bond acceptors (Lipinski definition) is 6. The Balaban J connectivity index is 1.67. The van der Waals surface area contributed by atoms with Crippen LogP contribution in [-0.2, 0) is 13.1 Å². The van der Waals surface area contributed by atoms with Crippen molar-refractivity contribution < 1.29 is 8.83 Å². The quantitative estimate of drug-likeness (QED) is 0.664. The lowest BCUT2D eigenvalue weighted by Crippen LogP contribution is -2.37. The van der Waals surface area contributed by atoms with E-state index in [0.717, 1.165) is 0 Å². The van der Waals surface area contributed by atoms with E-state index in [2.05, 4.69) is 10.6 Å². The third kappa shape index (κ3) is 2.23. The Hall–Kier alpha value is -2.76. The number of furan rings is 2. The molecule has 102 valence electrons. The van der Waals surface area contributed by atoms with Crippen LogP contribution in [0.4, 0.5) is 11.4 Å². The van der Waals surface area contributed by atoms with E-state index in [-0.39, 0.29) is 11.4 Å². The van der Waals surface area contributed by atoms with Gasteiger partial charge in [-0.1, -0.05) is 0 Å². The van der Waals surface area contributed by atoms with E-state index in [9.17, 15) is 9.59 Å². The van der Waals surface area contributed by atoms with Crippen molar-refractivity contribution in [1.29, 1.82) is 0 Å². The second kappa shape index (κ2) is 5.08. The Labute approximate surface area is 113 Å². The van der Waals surface area contributed by atoms with Gasteiger partial charge in [-0.2, -0.15) is 0 Å². The Bertz CT molecular complexity index is 684. The molecule has 3 rings (SSSR count). The van der Waals surface area contributed by atoms with Gasteiger partial charge in [-0.15, -0.1) is 0 Å². The monoisotopic (exact) mass is 272 g/mol. The van der Waals surface area contributed by atoms with Gasteiger partial charge in [0.05, 0.1) is 25.6 Å². The molecule has 0 fully saturated rings. The molecule has 0 spiro atoms. The molecular formula is C14H12N2O4. The van der Waals surface area contributed by atoms with E-state index >= 15 is 0 Å². The molecule has 0 saturated carbocycles. The highest BCUT2D eigenvalue weighted by molar-refractivity contribution is 5.73. The molecule has 0 saturated heterocycles. The second-order valence-electron chi connectivity index (χ2n) is 4.27. The van der Waals surface area contributed by atoms with E-state index in [1.807, 2.05) is 0 Å². The van der Waals surface area contributed by atoms with Crippen LogP contribution in [0.15, 0.2) is 55.2 Å². The van der Waals surface area contributed by atoms with E-state index in [1.54, 1.807) is 36.8 Å². The first-order chi connectivity index (χ1) is 9.75. The van der Waals surface area contributed by atoms with E-state index in [1.165, 1.54) is 0 Å². The van der Waals surface area contributed by atoms with Gasteiger partial charge >= 0.3 is 0 Å². The maximum atomic E-state index is 11.5. The van der Waals surface area contributed by atoms with E-state index < -0.39 is 10.9 Å². The number of hydrogen-bond donors (Lipinski definition) is 2. The molecular weight excluding hydrogens is 260 g/mol. The zero-order valence-electron chi connectivity index (χ0n) is 10.5. The average Bonchev–Trinajstić information content (AvgIpc) is 3.14. The lowest BCUT2D eigenvalue weighted by Gasteiger charge is -2.13. The average molecular weight is 272 g/mol. The maximum Gasteiger partial charge on any atom is 0.253 e. The predicted molar refractivity (Wildman–Crippen MR) is 73.4 cm³/mol. The molecule has 1 aromatic carbocycles. The molecule has 0 bridgehead atoms. The number of anilines is 2. The van der Waals surface area contributed by atoms with Gasteiger partial charge in [0, 0.05) is 0 Å². The number of nitrogens with one attached hydrogen (secondary N) is 2. The van der Waals surface area contributed by atoms with Crippen LogP contribution in [-0.4, -0.2) is 0 Å². The van der Waals surface area contributed by atoms with Crippen molar-refractivity contribution in [3.8, 4) is 0 Å². The highest BCUT2D eigenvalue weighted by atomic mass is 16.3. The van der Waals surface area contributed by atoms with Gasteiger partial charge in [0.1, 0.15) is 22.9 Å². The summed E-state index contributed by atoms with van der Waals surface area (Å²) in [6, 6.07) is 7.09. The fraction of sp³-hybridized carbons (Fsp3) is 0.143. The van der Waals surface area contributed by atoms with Gasteiger partial charge in [0.25, 0.3) is 10.9 Å². The molecule has 3 aromatic rings. The van der Waals surface area contributed by atoms with Crippen LogP contribution < -0.4 is 21.5 Å². The smallest absolute Gasteiger partial charge is 0.253 e. The lowest BCUT2D eigenvalue weighted by atomic mass is 10.2. The predicted octanol–water partition coefficient (Wildman–Crippen LogP) is 1.69. The molecule has 20 heavy (non-hydrogen) atoms. The molecule has 6 nitrogen and oxygen atoms in total. The lowest BCUT2D eigenvalue weighted by molar-refractivity contribution is 0.516. The van der Waals surface area contributed by atoms with E-state index in [0.29, 0.717) is 24.6 Å². The molecule has 0 aliphatic carbocycles. The molecule has 2 heterocycles. The highest BCUT2D eigenvalue weighted by Crippen LogP contribution is 2.17. The first-order valence-electron chi connectivity index (χ1n) is 6.11. The van der Waals surface area contributed by atoms with Crippen molar-refractivity contribution in [1.82, 2.24) is 0 Å².